The Hall–Kier alpha value is -2.27. The number of thiophene rings is 1. The molecule has 1 unspecified atom stereocenters. The van der Waals surface area contributed by atoms with Gasteiger partial charge in [-0.15, -0.1) is 11.3 Å². The Morgan fingerprint density at radius 1 is 1.27 bits per heavy atom. The summed E-state index contributed by atoms with van der Waals surface area (Å²) in [6.45, 7) is 5.95. The third-order valence-corrected chi connectivity index (χ3v) is 4.97. The fourth-order valence-electron chi connectivity index (χ4n) is 2.41. The van der Waals surface area contributed by atoms with Crippen LogP contribution in [0.2, 0.25) is 0 Å². The highest BCUT2D eigenvalue weighted by Crippen LogP contribution is 2.31. The summed E-state index contributed by atoms with van der Waals surface area (Å²) in [4.78, 5) is 13.9. The van der Waals surface area contributed by atoms with Crippen LogP contribution in [0.4, 0.5) is 0 Å². The van der Waals surface area contributed by atoms with E-state index < -0.39 is 0 Å². The molecule has 0 saturated carbocycles. The van der Waals surface area contributed by atoms with Crippen LogP contribution in [0.1, 0.15) is 39.5 Å². The molecule has 3 aromatic rings. The lowest BCUT2D eigenvalue weighted by Crippen LogP contribution is -2.27. The fraction of sp³-hybridized carbons (Fsp3) is 0.235. The standard InChI is InChI=1S/C17H18N2O2S/c1-11-13(3)22-17(19-8-4-5-9-19)15(11)16(20)18-12(2)14-7-6-10-21-14/h4-10,12H,1-3H3,(H,18,20). The van der Waals surface area contributed by atoms with Crippen molar-refractivity contribution in [3.05, 3.63) is 64.7 Å². The van der Waals surface area contributed by atoms with Gasteiger partial charge in [0.2, 0.25) is 0 Å². The summed E-state index contributed by atoms with van der Waals surface area (Å²) in [5.74, 6) is 0.676. The van der Waals surface area contributed by atoms with Crippen molar-refractivity contribution >= 4 is 17.2 Å². The maximum Gasteiger partial charge on any atom is 0.255 e. The second-order valence-electron chi connectivity index (χ2n) is 5.26. The average molecular weight is 314 g/mol. The van der Waals surface area contributed by atoms with Gasteiger partial charge >= 0.3 is 0 Å². The predicted octanol–water partition coefficient (Wildman–Crippen LogP) is 4.24. The molecule has 0 fully saturated rings. The van der Waals surface area contributed by atoms with Gasteiger partial charge in [-0.2, -0.15) is 0 Å². The molecule has 4 nitrogen and oxygen atoms in total. The van der Waals surface area contributed by atoms with Gasteiger partial charge in [-0.1, -0.05) is 0 Å². The number of carbonyl (C=O) groups excluding carboxylic acids is 1. The molecule has 0 aliphatic rings. The number of hydrogen-bond acceptors (Lipinski definition) is 3. The number of carbonyl (C=O) groups is 1. The molecule has 0 aromatic carbocycles. The van der Waals surface area contributed by atoms with E-state index in [1.54, 1.807) is 17.6 Å². The molecule has 0 spiro atoms. The van der Waals surface area contributed by atoms with E-state index in [2.05, 4.69) is 5.32 Å². The number of aromatic nitrogens is 1. The third-order valence-electron chi connectivity index (χ3n) is 3.75. The Morgan fingerprint density at radius 3 is 2.64 bits per heavy atom. The molecule has 0 aliphatic heterocycles. The summed E-state index contributed by atoms with van der Waals surface area (Å²) >= 11 is 1.63. The highest BCUT2D eigenvalue weighted by Gasteiger charge is 2.22. The first-order valence-corrected chi connectivity index (χ1v) is 7.97. The Balaban J connectivity index is 1.92. The Bertz CT molecular complexity index is 770. The van der Waals surface area contributed by atoms with E-state index in [0.717, 1.165) is 26.8 Å². The van der Waals surface area contributed by atoms with Gasteiger partial charge in [-0.3, -0.25) is 4.79 Å². The lowest BCUT2D eigenvalue weighted by molar-refractivity contribution is 0.0935. The molecule has 1 N–H and O–H groups in total. The summed E-state index contributed by atoms with van der Waals surface area (Å²) in [5, 5.41) is 3.96. The fourth-order valence-corrected chi connectivity index (χ4v) is 3.53. The van der Waals surface area contributed by atoms with Crippen LogP contribution in [0.25, 0.3) is 5.00 Å². The van der Waals surface area contributed by atoms with E-state index in [-0.39, 0.29) is 11.9 Å². The van der Waals surface area contributed by atoms with Crippen LogP contribution in [-0.4, -0.2) is 10.5 Å². The first-order valence-electron chi connectivity index (χ1n) is 7.15. The SMILES string of the molecule is Cc1sc(-n2cccc2)c(C(=O)NC(C)c2ccco2)c1C. The molecule has 3 heterocycles. The van der Waals surface area contributed by atoms with E-state index in [1.165, 1.54) is 0 Å². The molecule has 0 aliphatic carbocycles. The van der Waals surface area contributed by atoms with Gasteiger partial charge in [0.15, 0.2) is 0 Å². The number of furan rings is 1. The molecular formula is C17H18N2O2S. The van der Waals surface area contributed by atoms with Crippen molar-refractivity contribution in [2.75, 3.05) is 0 Å². The monoisotopic (exact) mass is 314 g/mol. The summed E-state index contributed by atoms with van der Waals surface area (Å²) in [6.07, 6.45) is 5.53. The molecule has 114 valence electrons. The smallest absolute Gasteiger partial charge is 0.255 e. The van der Waals surface area contributed by atoms with Crippen LogP contribution >= 0.6 is 11.3 Å². The zero-order valence-corrected chi connectivity index (χ0v) is 13.6. The predicted molar refractivity (Wildman–Crippen MR) is 87.7 cm³/mol. The first kappa shape index (κ1) is 14.7. The number of nitrogens with zero attached hydrogens (tertiary/aromatic N) is 1. The molecule has 0 saturated heterocycles. The second kappa shape index (κ2) is 5.85. The van der Waals surface area contributed by atoms with Gasteiger partial charge in [-0.05, 0) is 50.6 Å². The van der Waals surface area contributed by atoms with Crippen LogP contribution < -0.4 is 5.32 Å². The Morgan fingerprint density at radius 2 is 2.00 bits per heavy atom. The Kier molecular flexibility index (Phi) is 3.90. The summed E-state index contributed by atoms with van der Waals surface area (Å²) < 4.78 is 7.34. The number of aryl methyl sites for hydroxylation is 1. The van der Waals surface area contributed by atoms with Gasteiger partial charge < -0.3 is 14.3 Å². The van der Waals surface area contributed by atoms with E-state index >= 15 is 0 Å². The molecule has 3 rings (SSSR count). The lowest BCUT2D eigenvalue weighted by Gasteiger charge is -2.13. The molecule has 1 atom stereocenters. The van der Waals surface area contributed by atoms with Gasteiger partial charge in [0, 0.05) is 17.3 Å². The molecule has 5 heteroatoms. The van der Waals surface area contributed by atoms with E-state index in [1.807, 2.05) is 62.0 Å². The largest absolute Gasteiger partial charge is 0.467 e. The van der Waals surface area contributed by atoms with Crippen molar-refractivity contribution in [1.29, 1.82) is 0 Å². The zero-order chi connectivity index (χ0) is 15.7. The molecule has 22 heavy (non-hydrogen) atoms. The van der Waals surface area contributed by atoms with Crippen molar-refractivity contribution in [1.82, 2.24) is 9.88 Å². The molecular weight excluding hydrogens is 296 g/mol. The number of rotatable bonds is 4. The van der Waals surface area contributed by atoms with Crippen LogP contribution in [0, 0.1) is 13.8 Å². The maximum atomic E-state index is 12.7. The minimum absolute atomic E-state index is 0.0746. The highest BCUT2D eigenvalue weighted by atomic mass is 32.1. The molecule has 0 bridgehead atoms. The first-order chi connectivity index (χ1) is 10.6. The quantitative estimate of drug-likeness (QED) is 0.783. The summed E-state index contributed by atoms with van der Waals surface area (Å²) in [7, 11) is 0. The number of hydrogen-bond donors (Lipinski definition) is 1. The normalized spacial score (nSPS) is 12.3. The lowest BCUT2D eigenvalue weighted by atomic mass is 10.1. The summed E-state index contributed by atoms with van der Waals surface area (Å²) in [6, 6.07) is 7.43. The number of amides is 1. The minimum Gasteiger partial charge on any atom is -0.467 e. The van der Waals surface area contributed by atoms with Crippen molar-refractivity contribution < 1.29 is 9.21 Å². The van der Waals surface area contributed by atoms with Gasteiger partial charge in [-0.25, -0.2) is 0 Å². The number of nitrogens with one attached hydrogen (secondary N) is 1. The maximum absolute atomic E-state index is 12.7. The zero-order valence-electron chi connectivity index (χ0n) is 12.8. The van der Waals surface area contributed by atoms with Gasteiger partial charge in [0.1, 0.15) is 10.8 Å². The minimum atomic E-state index is -0.167. The second-order valence-corrected chi connectivity index (χ2v) is 6.47. The van der Waals surface area contributed by atoms with E-state index in [9.17, 15) is 4.79 Å². The highest BCUT2D eigenvalue weighted by molar-refractivity contribution is 7.15. The Labute approximate surface area is 133 Å². The van der Waals surface area contributed by atoms with Crippen LogP contribution in [-0.2, 0) is 0 Å². The topological polar surface area (TPSA) is 47.2 Å². The molecule has 0 radical (unpaired) electrons. The van der Waals surface area contributed by atoms with E-state index in [4.69, 9.17) is 4.42 Å². The van der Waals surface area contributed by atoms with Crippen molar-refractivity contribution in [2.45, 2.75) is 26.8 Å². The van der Waals surface area contributed by atoms with Gasteiger partial charge in [0.25, 0.3) is 5.91 Å². The third kappa shape index (κ3) is 2.60. The summed E-state index contributed by atoms with van der Waals surface area (Å²) in [5.41, 5.74) is 1.76. The van der Waals surface area contributed by atoms with Crippen LogP contribution in [0.3, 0.4) is 0 Å². The van der Waals surface area contributed by atoms with E-state index in [0.29, 0.717) is 0 Å². The van der Waals surface area contributed by atoms with Gasteiger partial charge in [0.05, 0.1) is 17.9 Å². The molecule has 3 aromatic heterocycles. The molecule has 1 amide bonds. The van der Waals surface area contributed by atoms with Crippen LogP contribution in [0.15, 0.2) is 47.3 Å². The van der Waals surface area contributed by atoms with Crippen molar-refractivity contribution in [2.24, 2.45) is 0 Å². The van der Waals surface area contributed by atoms with Crippen LogP contribution in [0.5, 0.6) is 0 Å². The van der Waals surface area contributed by atoms with Crippen molar-refractivity contribution in [3.8, 4) is 5.00 Å². The average Bonchev–Trinajstić information content (AvgIpc) is 3.21. The van der Waals surface area contributed by atoms with Crippen molar-refractivity contribution in [3.63, 3.8) is 0 Å².